The van der Waals surface area contributed by atoms with Crippen LogP contribution in [0.2, 0.25) is 4.34 Å². The number of benzene rings is 1. The van der Waals surface area contributed by atoms with Crippen LogP contribution in [0, 0.1) is 0 Å². The Bertz CT molecular complexity index is 1030. The predicted molar refractivity (Wildman–Crippen MR) is 103 cm³/mol. The monoisotopic (exact) mass is 429 g/mol. The number of nitrogens with one attached hydrogen (secondary N) is 2. The van der Waals surface area contributed by atoms with Crippen LogP contribution < -0.4 is 14.8 Å². The molecule has 0 fully saturated rings. The molecular formula is C15H12ClN3O4S3. The summed E-state index contributed by atoms with van der Waals surface area (Å²) in [6, 6.07) is 8.98. The average Bonchev–Trinajstić information content (AvgIpc) is 3.24. The second kappa shape index (κ2) is 7.62. The number of hydrogen-bond acceptors (Lipinski definition) is 7. The minimum Gasteiger partial charge on any atom is -0.486 e. The van der Waals surface area contributed by atoms with E-state index in [1.54, 1.807) is 0 Å². The Morgan fingerprint density at radius 1 is 1.15 bits per heavy atom. The second-order valence-corrected chi connectivity index (χ2v) is 9.50. The highest BCUT2D eigenvalue weighted by atomic mass is 35.5. The molecule has 3 aromatic rings. The number of amides is 1. The minimum atomic E-state index is -3.71. The van der Waals surface area contributed by atoms with Crippen LogP contribution in [0.15, 0.2) is 46.8 Å². The van der Waals surface area contributed by atoms with Crippen molar-refractivity contribution in [3.8, 4) is 5.06 Å². The Balaban J connectivity index is 1.69. The molecule has 1 aromatic carbocycles. The van der Waals surface area contributed by atoms with Gasteiger partial charge in [0.2, 0.25) is 0 Å². The molecule has 0 saturated heterocycles. The fourth-order valence-electron chi connectivity index (χ4n) is 1.92. The van der Waals surface area contributed by atoms with E-state index in [9.17, 15) is 13.2 Å². The van der Waals surface area contributed by atoms with Gasteiger partial charge in [0, 0.05) is 11.3 Å². The molecule has 136 valence electrons. The number of carbonyl (C=O) groups excluding carboxylic acids is 1. The summed E-state index contributed by atoms with van der Waals surface area (Å²) < 4.78 is 32.4. The third kappa shape index (κ3) is 4.33. The first-order valence-corrected chi connectivity index (χ1v) is 10.6. The Labute approximate surface area is 162 Å². The highest BCUT2D eigenvalue weighted by molar-refractivity contribution is 7.94. The second-order valence-electron chi connectivity index (χ2n) is 4.88. The topological polar surface area (TPSA) is 97.4 Å². The minimum absolute atomic E-state index is 0.113. The third-order valence-corrected chi connectivity index (χ3v) is 7.10. The van der Waals surface area contributed by atoms with Gasteiger partial charge in [-0.3, -0.25) is 14.8 Å². The van der Waals surface area contributed by atoms with E-state index in [-0.39, 0.29) is 10.1 Å². The predicted octanol–water partition coefficient (Wildman–Crippen LogP) is 3.92. The van der Waals surface area contributed by atoms with Crippen LogP contribution in [-0.2, 0) is 10.0 Å². The van der Waals surface area contributed by atoms with Crippen LogP contribution in [0.4, 0.5) is 10.8 Å². The molecular weight excluding hydrogens is 418 g/mol. The Morgan fingerprint density at radius 2 is 1.88 bits per heavy atom. The highest BCUT2D eigenvalue weighted by Crippen LogP contribution is 2.28. The molecule has 3 rings (SSSR count). The molecule has 2 heterocycles. The lowest BCUT2D eigenvalue weighted by atomic mass is 10.2. The third-order valence-electron chi connectivity index (χ3n) is 3.12. The van der Waals surface area contributed by atoms with Gasteiger partial charge in [-0.15, -0.1) is 11.3 Å². The van der Waals surface area contributed by atoms with Gasteiger partial charge in [-0.05, 0) is 36.4 Å². The molecule has 26 heavy (non-hydrogen) atoms. The first-order valence-electron chi connectivity index (χ1n) is 7.07. The summed E-state index contributed by atoms with van der Waals surface area (Å²) in [6.07, 6.45) is 1.51. The zero-order valence-electron chi connectivity index (χ0n) is 13.2. The molecule has 0 saturated carbocycles. The summed E-state index contributed by atoms with van der Waals surface area (Å²) in [5, 5.41) is 3.64. The lowest BCUT2D eigenvalue weighted by Gasteiger charge is -2.07. The van der Waals surface area contributed by atoms with Crippen LogP contribution in [0.3, 0.4) is 0 Å². The molecule has 0 aliphatic heterocycles. The molecule has 1 amide bonds. The highest BCUT2D eigenvalue weighted by Gasteiger charge is 2.17. The molecule has 0 unspecified atom stereocenters. The number of rotatable bonds is 6. The average molecular weight is 430 g/mol. The summed E-state index contributed by atoms with van der Waals surface area (Å²) in [4.78, 5) is 16.2. The van der Waals surface area contributed by atoms with E-state index in [4.69, 9.17) is 16.3 Å². The zero-order chi connectivity index (χ0) is 18.7. The summed E-state index contributed by atoms with van der Waals surface area (Å²) in [5.74, 6) is -0.360. The van der Waals surface area contributed by atoms with Crippen LogP contribution >= 0.6 is 34.3 Å². The van der Waals surface area contributed by atoms with Crippen molar-refractivity contribution >= 4 is 61.0 Å². The number of halogens is 1. The molecule has 0 aliphatic rings. The van der Waals surface area contributed by atoms with Crippen molar-refractivity contribution in [3.05, 3.63) is 52.5 Å². The van der Waals surface area contributed by atoms with Gasteiger partial charge in [0.15, 0.2) is 10.2 Å². The first-order chi connectivity index (χ1) is 12.4. The SMILES string of the molecule is COc1cnc(NC(=O)c2ccc(NS(=O)(=O)c3ccc(Cl)s3)cc2)s1. The quantitative estimate of drug-likeness (QED) is 0.618. The van der Waals surface area contributed by atoms with Crippen LogP contribution in [-0.4, -0.2) is 26.4 Å². The zero-order valence-corrected chi connectivity index (χ0v) is 16.4. The number of thiophene rings is 1. The Morgan fingerprint density at radius 3 is 2.46 bits per heavy atom. The summed E-state index contributed by atoms with van der Waals surface area (Å²) in [5.41, 5.74) is 0.697. The molecule has 0 radical (unpaired) electrons. The van der Waals surface area contributed by atoms with Gasteiger partial charge < -0.3 is 4.74 Å². The standard InChI is InChI=1S/C15H12ClN3O4S3/c1-23-12-8-17-15(25-12)18-14(20)9-2-4-10(5-3-9)19-26(21,22)13-7-6-11(16)24-13/h2-8,19H,1H3,(H,17,18,20). The smallest absolute Gasteiger partial charge is 0.271 e. The number of carbonyl (C=O) groups is 1. The van der Waals surface area contributed by atoms with Crippen LogP contribution in [0.5, 0.6) is 5.06 Å². The summed E-state index contributed by atoms with van der Waals surface area (Å²) >= 11 is 7.93. The van der Waals surface area contributed by atoms with E-state index in [2.05, 4.69) is 15.0 Å². The maximum Gasteiger partial charge on any atom is 0.271 e. The molecule has 0 atom stereocenters. The first kappa shape index (κ1) is 18.6. The van der Waals surface area contributed by atoms with E-state index < -0.39 is 10.0 Å². The summed E-state index contributed by atoms with van der Waals surface area (Å²) in [6.45, 7) is 0. The van der Waals surface area contributed by atoms with Crippen molar-refractivity contribution in [2.75, 3.05) is 17.1 Å². The van der Waals surface area contributed by atoms with Crippen molar-refractivity contribution in [1.29, 1.82) is 0 Å². The number of ether oxygens (including phenoxy) is 1. The number of methoxy groups -OCH3 is 1. The maximum absolute atomic E-state index is 12.2. The van der Waals surface area contributed by atoms with Gasteiger partial charge >= 0.3 is 0 Å². The van der Waals surface area contributed by atoms with Gasteiger partial charge in [0.1, 0.15) is 4.21 Å². The van der Waals surface area contributed by atoms with Gasteiger partial charge in [0.05, 0.1) is 17.6 Å². The van der Waals surface area contributed by atoms with E-state index in [1.807, 2.05) is 0 Å². The van der Waals surface area contributed by atoms with Crippen LogP contribution in [0.25, 0.3) is 0 Å². The van der Waals surface area contributed by atoms with Crippen molar-refractivity contribution in [2.45, 2.75) is 4.21 Å². The van der Waals surface area contributed by atoms with Crippen molar-refractivity contribution < 1.29 is 17.9 Å². The van der Waals surface area contributed by atoms with E-state index >= 15 is 0 Å². The van der Waals surface area contributed by atoms with E-state index in [0.29, 0.717) is 25.8 Å². The number of nitrogens with zero attached hydrogens (tertiary/aromatic N) is 1. The number of aromatic nitrogens is 1. The number of sulfonamides is 1. The molecule has 0 spiro atoms. The molecule has 2 aromatic heterocycles. The normalized spacial score (nSPS) is 11.2. The Kier molecular flexibility index (Phi) is 5.47. The van der Waals surface area contributed by atoms with Gasteiger partial charge in [0.25, 0.3) is 15.9 Å². The molecule has 7 nitrogen and oxygen atoms in total. The maximum atomic E-state index is 12.2. The Hall–Kier alpha value is -2.14. The van der Waals surface area contributed by atoms with Crippen molar-refractivity contribution in [3.63, 3.8) is 0 Å². The molecule has 0 bridgehead atoms. The van der Waals surface area contributed by atoms with E-state index in [1.165, 1.54) is 61.0 Å². The molecule has 11 heteroatoms. The molecule has 2 N–H and O–H groups in total. The fraction of sp³-hybridized carbons (Fsp3) is 0.0667. The van der Waals surface area contributed by atoms with Gasteiger partial charge in [-0.25, -0.2) is 13.4 Å². The van der Waals surface area contributed by atoms with Gasteiger partial charge in [-0.1, -0.05) is 22.9 Å². The van der Waals surface area contributed by atoms with Gasteiger partial charge in [-0.2, -0.15) is 0 Å². The number of thiazole rings is 1. The van der Waals surface area contributed by atoms with Crippen molar-refractivity contribution in [2.24, 2.45) is 0 Å². The fourth-order valence-corrected chi connectivity index (χ4v) is 5.09. The molecule has 0 aliphatic carbocycles. The van der Waals surface area contributed by atoms with Crippen molar-refractivity contribution in [1.82, 2.24) is 4.98 Å². The lowest BCUT2D eigenvalue weighted by Crippen LogP contribution is -2.13. The van der Waals surface area contributed by atoms with Crippen LogP contribution in [0.1, 0.15) is 10.4 Å². The van der Waals surface area contributed by atoms with E-state index in [0.717, 1.165) is 11.3 Å². The number of hydrogen-bond donors (Lipinski definition) is 2. The summed E-state index contributed by atoms with van der Waals surface area (Å²) in [7, 11) is -2.20. The lowest BCUT2D eigenvalue weighted by molar-refractivity contribution is 0.102. The number of anilines is 2. The largest absolute Gasteiger partial charge is 0.486 e.